The second-order valence-electron chi connectivity index (χ2n) is 11.4. The number of benzene rings is 2. The Hall–Kier alpha value is -1.65. The number of fused-ring (bicyclic) bond motifs is 2. The molecule has 0 saturated carbocycles. The van der Waals surface area contributed by atoms with Crippen LogP contribution in [0.15, 0.2) is 60.2 Å². The van der Waals surface area contributed by atoms with E-state index in [4.69, 9.17) is 0 Å². The Morgan fingerprint density at radius 2 is 1.53 bits per heavy atom. The molecule has 3 atom stereocenters. The van der Waals surface area contributed by atoms with Crippen molar-refractivity contribution in [2.75, 3.05) is 0 Å². The lowest BCUT2D eigenvalue weighted by molar-refractivity contribution is 0.456. The van der Waals surface area contributed by atoms with Crippen molar-refractivity contribution in [2.24, 2.45) is 5.41 Å². The molecule has 0 bridgehead atoms. The van der Waals surface area contributed by atoms with Crippen molar-refractivity contribution in [3.05, 3.63) is 82.4 Å². The quantitative estimate of drug-likeness (QED) is 0.406. The zero-order valence-electron chi connectivity index (χ0n) is 19.7. The molecule has 0 fully saturated rings. The molecule has 4 rings (SSSR count). The van der Waals surface area contributed by atoms with Crippen LogP contribution in [0.4, 0.5) is 0 Å². The summed E-state index contributed by atoms with van der Waals surface area (Å²) in [6, 6.07) is 21.2. The van der Waals surface area contributed by atoms with Crippen LogP contribution < -0.4 is 0 Å². The summed E-state index contributed by atoms with van der Waals surface area (Å²) in [6.45, 7) is 15.1. The highest BCUT2D eigenvalue weighted by molar-refractivity contribution is 6.83. The smallest absolute Gasteiger partial charge is 0.0753 e. The van der Waals surface area contributed by atoms with Crippen molar-refractivity contribution < 1.29 is 0 Å². The van der Waals surface area contributed by atoms with Crippen molar-refractivity contribution in [1.29, 1.82) is 0 Å². The molecule has 0 spiro atoms. The molecule has 2 aliphatic rings. The maximum Gasteiger partial charge on any atom is 0.0753 e. The van der Waals surface area contributed by atoms with Gasteiger partial charge in [0.25, 0.3) is 0 Å². The highest BCUT2D eigenvalue weighted by Crippen LogP contribution is 2.54. The van der Waals surface area contributed by atoms with Crippen LogP contribution in [0.25, 0.3) is 12.2 Å². The average molecular weight is 431 g/mol. The molecule has 0 N–H and O–H groups in total. The van der Waals surface area contributed by atoms with Crippen LogP contribution in [0.1, 0.15) is 60.5 Å². The van der Waals surface area contributed by atoms with E-state index in [1.54, 1.807) is 16.7 Å². The fourth-order valence-electron chi connectivity index (χ4n) is 6.20. The second kappa shape index (κ2) is 8.13. The third-order valence-electron chi connectivity index (χ3n) is 7.11. The molecule has 0 aliphatic heterocycles. The molecule has 0 heterocycles. The van der Waals surface area contributed by atoms with Gasteiger partial charge in [-0.05, 0) is 39.6 Å². The number of rotatable bonds is 6. The Bertz CT molecular complexity index is 976. The molecule has 2 heteroatoms. The van der Waals surface area contributed by atoms with E-state index in [-0.39, 0.29) is 0 Å². The summed E-state index contributed by atoms with van der Waals surface area (Å²) in [5, 5.41) is 0. The first-order valence-corrected chi connectivity index (χ1v) is 17.7. The minimum absolute atomic E-state index is 0.335. The van der Waals surface area contributed by atoms with E-state index in [0.717, 1.165) is 0 Å². The van der Waals surface area contributed by atoms with Crippen LogP contribution in [0.3, 0.4) is 0 Å². The zero-order chi connectivity index (χ0) is 21.5. The predicted molar refractivity (Wildman–Crippen MR) is 140 cm³/mol. The van der Waals surface area contributed by atoms with Crippen LogP contribution in [0, 0.1) is 5.41 Å². The van der Waals surface area contributed by atoms with E-state index in [0.29, 0.717) is 16.5 Å². The van der Waals surface area contributed by atoms with Gasteiger partial charge in [-0.1, -0.05) is 125 Å². The zero-order valence-corrected chi connectivity index (χ0v) is 21.9. The lowest BCUT2D eigenvalue weighted by Gasteiger charge is -2.45. The molecule has 2 aromatic carbocycles. The van der Waals surface area contributed by atoms with Gasteiger partial charge >= 0.3 is 0 Å². The molecule has 0 aromatic heterocycles. The molecule has 0 radical (unpaired) electrons. The molecule has 2 aliphatic carbocycles. The number of hydrogen-bond acceptors (Lipinski definition) is 0. The van der Waals surface area contributed by atoms with Crippen molar-refractivity contribution in [3.8, 4) is 0 Å². The largest absolute Gasteiger partial charge is 0.0791 e. The summed E-state index contributed by atoms with van der Waals surface area (Å²) in [7, 11) is -2.36. The minimum Gasteiger partial charge on any atom is -0.0791 e. The third-order valence-corrected chi connectivity index (χ3v) is 14.3. The van der Waals surface area contributed by atoms with Crippen LogP contribution in [-0.4, -0.2) is 16.9 Å². The topological polar surface area (TPSA) is 0 Å². The van der Waals surface area contributed by atoms with Crippen molar-refractivity contribution in [1.82, 2.24) is 0 Å². The SMILES string of the molecule is C[SiH](C)CCC1=Cc2ccccc2C1[Si](C)(CC(C)(C)C)C1C=Cc2ccccc21. The molecule has 0 nitrogen and oxygen atoms in total. The first kappa shape index (κ1) is 21.6. The molecule has 3 unspecified atom stereocenters. The second-order valence-corrected chi connectivity index (χ2v) is 19.4. The van der Waals surface area contributed by atoms with E-state index >= 15 is 0 Å². The molecule has 2 aromatic rings. The fourth-order valence-corrected chi connectivity index (χ4v) is 13.7. The Kier molecular flexibility index (Phi) is 5.85. The van der Waals surface area contributed by atoms with Crippen molar-refractivity contribution in [2.45, 2.75) is 70.0 Å². The summed E-state index contributed by atoms with van der Waals surface area (Å²) >= 11 is 0. The van der Waals surface area contributed by atoms with Gasteiger partial charge in [0.2, 0.25) is 0 Å². The molecule has 30 heavy (non-hydrogen) atoms. The molecular formula is C28H38Si2. The average Bonchev–Trinajstić information content (AvgIpc) is 3.27. The van der Waals surface area contributed by atoms with Gasteiger partial charge < -0.3 is 0 Å². The molecular weight excluding hydrogens is 392 g/mol. The van der Waals surface area contributed by atoms with Crippen LogP contribution in [0.2, 0.25) is 31.7 Å². The van der Waals surface area contributed by atoms with E-state index < -0.39 is 16.9 Å². The summed E-state index contributed by atoms with van der Waals surface area (Å²) < 4.78 is 0. The number of allylic oxidation sites excluding steroid dienone is 2. The Labute approximate surface area is 186 Å². The fraction of sp³-hybridized carbons (Fsp3) is 0.429. The Morgan fingerprint density at radius 1 is 0.900 bits per heavy atom. The maximum absolute atomic E-state index is 2.72. The van der Waals surface area contributed by atoms with Crippen LogP contribution in [0.5, 0.6) is 0 Å². The van der Waals surface area contributed by atoms with Gasteiger partial charge in [-0.2, -0.15) is 0 Å². The first-order chi connectivity index (χ1) is 14.2. The maximum atomic E-state index is 2.72. The van der Waals surface area contributed by atoms with Gasteiger partial charge in [0.1, 0.15) is 0 Å². The van der Waals surface area contributed by atoms with Crippen molar-refractivity contribution in [3.63, 3.8) is 0 Å². The Morgan fingerprint density at radius 3 is 2.20 bits per heavy atom. The standard InChI is InChI=1S/C28H38Si2/c1-28(2,3)20-30(6,26-16-15-21-11-7-9-13-24(21)26)27-23(17-18-29(4)5)19-22-12-8-10-14-25(22)27/h7-16,19,26-27,29H,17-18,20H2,1-6H3. The van der Waals surface area contributed by atoms with E-state index in [1.807, 2.05) is 0 Å². The van der Waals surface area contributed by atoms with E-state index in [1.165, 1.54) is 29.6 Å². The van der Waals surface area contributed by atoms with Crippen molar-refractivity contribution >= 4 is 29.0 Å². The van der Waals surface area contributed by atoms with E-state index in [2.05, 4.69) is 107 Å². The third kappa shape index (κ3) is 4.09. The van der Waals surface area contributed by atoms with Gasteiger partial charge in [-0.15, -0.1) is 0 Å². The normalized spacial score (nSPS) is 22.0. The molecule has 158 valence electrons. The highest BCUT2D eigenvalue weighted by Gasteiger charge is 2.50. The van der Waals surface area contributed by atoms with Crippen LogP contribution in [-0.2, 0) is 0 Å². The van der Waals surface area contributed by atoms with Gasteiger partial charge in [-0.3, -0.25) is 0 Å². The molecule has 0 amide bonds. The summed E-state index contributed by atoms with van der Waals surface area (Å²) in [4.78, 5) is 0. The van der Waals surface area contributed by atoms with Crippen LogP contribution >= 0.6 is 0 Å². The van der Waals surface area contributed by atoms with E-state index in [9.17, 15) is 0 Å². The Balaban J connectivity index is 1.84. The minimum atomic E-state index is -1.80. The first-order valence-electron chi connectivity index (χ1n) is 11.8. The monoisotopic (exact) mass is 430 g/mol. The predicted octanol–water partition coefficient (Wildman–Crippen LogP) is 8.06. The molecule has 0 saturated heterocycles. The highest BCUT2D eigenvalue weighted by atomic mass is 28.3. The lowest BCUT2D eigenvalue weighted by atomic mass is 10.0. The summed E-state index contributed by atoms with van der Waals surface area (Å²) in [6.07, 6.45) is 8.85. The van der Waals surface area contributed by atoms with Gasteiger partial charge in [0.15, 0.2) is 0 Å². The summed E-state index contributed by atoms with van der Waals surface area (Å²) in [5.41, 5.74) is 9.46. The lowest BCUT2D eigenvalue weighted by Crippen LogP contribution is -2.47. The van der Waals surface area contributed by atoms with Gasteiger partial charge in [0.05, 0.1) is 8.07 Å². The number of hydrogen-bond donors (Lipinski definition) is 0. The van der Waals surface area contributed by atoms with Gasteiger partial charge in [-0.25, -0.2) is 0 Å². The summed E-state index contributed by atoms with van der Waals surface area (Å²) in [5.74, 6) is 0. The van der Waals surface area contributed by atoms with Gasteiger partial charge in [0, 0.05) is 14.3 Å².